The van der Waals surface area contributed by atoms with Gasteiger partial charge in [-0.05, 0) is 77.9 Å². The Kier molecular flexibility index (Phi) is 7.54. The van der Waals surface area contributed by atoms with Crippen molar-refractivity contribution in [2.24, 2.45) is 0 Å². The number of rotatable bonds is 1. The first-order valence-corrected chi connectivity index (χ1v) is 17.8. The van der Waals surface area contributed by atoms with E-state index in [9.17, 15) is 0 Å². The number of ether oxygens (including phenoxy) is 1. The third-order valence-corrected chi connectivity index (χ3v) is 11.5. The largest absolute Gasteiger partial charge is 1.00 e. The van der Waals surface area contributed by atoms with Crippen LogP contribution in [0.5, 0.6) is 5.75 Å². The van der Waals surface area contributed by atoms with E-state index in [0.29, 0.717) is 0 Å². The number of nitrogens with zero attached hydrogens (tertiary/aromatic N) is 2. The van der Waals surface area contributed by atoms with Crippen molar-refractivity contribution in [3.63, 3.8) is 0 Å². The molecule has 7 aromatic carbocycles. The Hall–Kier alpha value is -5.44. The molecule has 0 saturated heterocycles. The molecule has 1 aliphatic rings. The second-order valence-corrected chi connectivity index (χ2v) is 14.0. The number of hydrogen-bond acceptors (Lipinski definition) is 1. The van der Waals surface area contributed by atoms with Crippen molar-refractivity contribution in [1.82, 2.24) is 9.13 Å². The van der Waals surface area contributed by atoms with Crippen LogP contribution in [0.1, 0.15) is 29.8 Å². The summed E-state index contributed by atoms with van der Waals surface area (Å²) in [5, 5.41) is 14.5. The van der Waals surface area contributed by atoms with E-state index in [4.69, 9.17) is 4.74 Å². The predicted octanol–water partition coefficient (Wildman–Crippen LogP) is 12.9. The summed E-state index contributed by atoms with van der Waals surface area (Å²) in [7, 11) is 1.78. The Labute approximate surface area is 315 Å². The first kappa shape index (κ1) is 32.5. The van der Waals surface area contributed by atoms with Crippen LogP contribution in [-0.4, -0.2) is 16.2 Å². The normalized spacial score (nSPS) is 13.5. The molecule has 0 spiro atoms. The number of fused-ring (bicyclic) bond motifs is 14. The molecule has 0 unspecified atom stereocenters. The van der Waals surface area contributed by atoms with Crippen LogP contribution in [0.2, 0.25) is 0 Å². The number of benzene rings is 7. The predicted molar refractivity (Wildman–Crippen MR) is 217 cm³/mol. The van der Waals surface area contributed by atoms with Gasteiger partial charge in [-0.3, -0.25) is 0 Å². The SMILES string of the molecule is COc1ccc2c3ccccc3c3ccccc3c3ccc4c5ccccc5c5ccc[c-]c5c5ccc(C)c(C)c5n5c4c3n(c2c1C)[C@H]5C.[Ru+]. The van der Waals surface area contributed by atoms with Gasteiger partial charge in [0.1, 0.15) is 11.9 Å². The zero-order valence-corrected chi connectivity index (χ0v) is 31.6. The maximum Gasteiger partial charge on any atom is 1.00 e. The van der Waals surface area contributed by atoms with Gasteiger partial charge in [-0.1, -0.05) is 108 Å². The van der Waals surface area contributed by atoms with Crippen molar-refractivity contribution < 1.29 is 24.2 Å². The first-order chi connectivity index (χ1) is 25.0. The van der Waals surface area contributed by atoms with Gasteiger partial charge in [0.05, 0.1) is 23.7 Å². The maximum atomic E-state index is 6.08. The van der Waals surface area contributed by atoms with Crippen molar-refractivity contribution in [2.75, 3.05) is 7.11 Å². The van der Waals surface area contributed by atoms with Gasteiger partial charge in [-0.25, -0.2) is 0 Å². The molecular weight excluding hydrogens is 722 g/mol. The minimum absolute atomic E-state index is 0. The van der Waals surface area contributed by atoms with Crippen molar-refractivity contribution in [3.8, 4) is 5.75 Å². The molecule has 3 heterocycles. The zero-order valence-electron chi connectivity index (χ0n) is 29.9. The van der Waals surface area contributed by atoms with Gasteiger partial charge in [0.2, 0.25) is 0 Å². The minimum Gasteiger partial charge on any atom is -0.496 e. The van der Waals surface area contributed by atoms with Crippen LogP contribution in [0.3, 0.4) is 0 Å². The number of methoxy groups -OCH3 is 1. The van der Waals surface area contributed by atoms with Gasteiger partial charge in [0, 0.05) is 27.2 Å². The molecule has 1 atom stereocenters. The van der Waals surface area contributed by atoms with E-state index in [-0.39, 0.29) is 25.6 Å². The molecule has 1 aliphatic heterocycles. The van der Waals surface area contributed by atoms with Gasteiger partial charge in [0.15, 0.2) is 0 Å². The molecule has 2 aromatic heterocycles. The summed E-state index contributed by atoms with van der Waals surface area (Å²) in [4.78, 5) is 0. The van der Waals surface area contributed by atoms with Crippen LogP contribution in [0.15, 0.2) is 127 Å². The second kappa shape index (κ2) is 12.1. The fourth-order valence-electron chi connectivity index (χ4n) is 9.07. The quantitative estimate of drug-likeness (QED) is 0.120. The van der Waals surface area contributed by atoms with Crippen LogP contribution in [0.25, 0.3) is 86.7 Å². The van der Waals surface area contributed by atoms with E-state index in [1.54, 1.807) is 7.11 Å². The molecule has 52 heavy (non-hydrogen) atoms. The molecular formula is C48H37N2ORu. The number of aryl methyl sites for hydroxylation is 3. The van der Waals surface area contributed by atoms with Gasteiger partial charge in [-0.2, -0.15) is 0 Å². The molecule has 0 amide bonds. The Morgan fingerprint density at radius 1 is 0.462 bits per heavy atom. The van der Waals surface area contributed by atoms with E-state index >= 15 is 0 Å². The molecule has 1 radical (unpaired) electrons. The van der Waals surface area contributed by atoms with Crippen molar-refractivity contribution >= 4 is 86.7 Å². The fourth-order valence-corrected chi connectivity index (χ4v) is 9.07. The van der Waals surface area contributed by atoms with E-state index in [0.717, 1.165) is 16.7 Å². The van der Waals surface area contributed by atoms with E-state index < -0.39 is 0 Å². The third kappa shape index (κ3) is 4.34. The summed E-state index contributed by atoms with van der Waals surface area (Å²) >= 11 is 0. The molecule has 4 heteroatoms. The molecule has 0 fully saturated rings. The van der Waals surface area contributed by atoms with Crippen LogP contribution in [0.4, 0.5) is 0 Å². The Balaban J connectivity index is 0.00000360. The number of aromatic nitrogens is 2. The summed E-state index contributed by atoms with van der Waals surface area (Å²) < 4.78 is 11.3. The van der Waals surface area contributed by atoms with Gasteiger partial charge in [-0.15, -0.1) is 35.0 Å². The molecule has 0 bridgehead atoms. The Morgan fingerprint density at radius 2 is 0.885 bits per heavy atom. The zero-order chi connectivity index (χ0) is 34.5. The monoisotopic (exact) mass is 759 g/mol. The van der Waals surface area contributed by atoms with Crippen molar-refractivity contribution in [2.45, 2.75) is 33.9 Å². The smallest absolute Gasteiger partial charge is 0.496 e. The van der Waals surface area contributed by atoms with E-state index in [2.05, 4.69) is 170 Å². The van der Waals surface area contributed by atoms with Gasteiger partial charge >= 0.3 is 19.5 Å². The summed E-state index contributed by atoms with van der Waals surface area (Å²) in [6.45, 7) is 9.12. The maximum absolute atomic E-state index is 6.08. The Bertz CT molecular complexity index is 3130. The molecule has 0 aliphatic carbocycles. The average molecular weight is 759 g/mol. The molecule has 253 valence electrons. The van der Waals surface area contributed by atoms with Crippen LogP contribution < -0.4 is 4.74 Å². The molecule has 10 rings (SSSR count). The molecule has 3 nitrogen and oxygen atoms in total. The third-order valence-electron chi connectivity index (χ3n) is 11.5. The molecule has 0 N–H and O–H groups in total. The first-order valence-electron chi connectivity index (χ1n) is 17.8. The summed E-state index contributed by atoms with van der Waals surface area (Å²) in [5.74, 6) is 0.885. The van der Waals surface area contributed by atoms with Gasteiger partial charge < -0.3 is 13.9 Å². The molecule has 0 saturated carbocycles. The standard InChI is InChI=1S/C48H37N2O.Ru/c1-28-22-23-40-36-18-10-6-14-32(36)34-16-8-12-20-38(34)42-24-25-43-39-21-13-9-17-35(39)33-15-7-11-19-37(33)41-26-27-44(51-5)30(3)46(41)50-31(4)49(45(40)29(28)2)47(42)48(43)50;/h6-17,19-27,31H,1-5H3;/q-1;+1/t31-;/m0./s1. The summed E-state index contributed by atoms with van der Waals surface area (Å²) in [5.41, 5.74) is 8.52. The molecule has 9 aromatic rings. The van der Waals surface area contributed by atoms with Crippen molar-refractivity contribution in [3.05, 3.63) is 150 Å². The van der Waals surface area contributed by atoms with E-state index in [1.165, 1.54) is 92.4 Å². The topological polar surface area (TPSA) is 19.1 Å². The van der Waals surface area contributed by atoms with E-state index in [1.807, 2.05) is 0 Å². The minimum atomic E-state index is -0.0847. The number of hydrogen-bond donors (Lipinski definition) is 0. The van der Waals surface area contributed by atoms with Crippen molar-refractivity contribution in [1.29, 1.82) is 0 Å². The average Bonchev–Trinajstić information content (AvgIpc) is 3.49. The van der Waals surface area contributed by atoms with Crippen LogP contribution >= 0.6 is 0 Å². The van der Waals surface area contributed by atoms with Gasteiger partial charge in [0.25, 0.3) is 0 Å². The summed E-state index contributed by atoms with van der Waals surface area (Å²) in [6.07, 6.45) is -0.0847. The Morgan fingerprint density at radius 3 is 1.42 bits per heavy atom. The second-order valence-electron chi connectivity index (χ2n) is 14.0. The fraction of sp³-hybridized carbons (Fsp3) is 0.125. The van der Waals surface area contributed by atoms with Crippen LogP contribution in [-0.2, 0) is 19.5 Å². The summed E-state index contributed by atoms with van der Waals surface area (Å²) in [6, 6.07) is 50.6. The van der Waals surface area contributed by atoms with Crippen LogP contribution in [0, 0.1) is 26.8 Å².